The van der Waals surface area contributed by atoms with Gasteiger partial charge in [-0.05, 0) is 36.9 Å². The third-order valence-corrected chi connectivity index (χ3v) is 3.52. The Kier molecular flexibility index (Phi) is 7.11. The third kappa shape index (κ3) is 5.63. The molecule has 110 valence electrons. The molecule has 0 spiro atoms. The monoisotopic (exact) mass is 296 g/mol. The second-order valence-corrected chi connectivity index (χ2v) is 5.21. The van der Waals surface area contributed by atoms with Crippen molar-refractivity contribution in [1.82, 2.24) is 10.6 Å². The van der Waals surface area contributed by atoms with Gasteiger partial charge < -0.3 is 15.7 Å². The molecule has 5 nitrogen and oxygen atoms in total. The maximum atomic E-state index is 11.3. The molecule has 0 aliphatic rings. The molecule has 1 aromatic carbocycles. The predicted molar refractivity (Wildman–Crippen MR) is 79.9 cm³/mol. The van der Waals surface area contributed by atoms with Gasteiger partial charge in [0.05, 0.1) is 0 Å². The van der Waals surface area contributed by atoms with Crippen LogP contribution in [0.1, 0.15) is 24.9 Å². The Morgan fingerprint density at radius 3 is 2.40 bits per heavy atom. The highest BCUT2D eigenvalue weighted by molar-refractivity contribution is 7.98. The molecule has 0 saturated carbocycles. The average Bonchev–Trinajstić information content (AvgIpc) is 2.42. The van der Waals surface area contributed by atoms with Crippen molar-refractivity contribution in [3.8, 4) is 0 Å². The van der Waals surface area contributed by atoms with Crippen molar-refractivity contribution in [3.63, 3.8) is 0 Å². The summed E-state index contributed by atoms with van der Waals surface area (Å²) in [5.41, 5.74) is 0.731. The van der Waals surface area contributed by atoms with Crippen LogP contribution < -0.4 is 10.6 Å². The first-order chi connectivity index (χ1) is 9.54. The van der Waals surface area contributed by atoms with Crippen LogP contribution in [0, 0.1) is 0 Å². The minimum Gasteiger partial charge on any atom is -0.480 e. The van der Waals surface area contributed by atoms with Crippen molar-refractivity contribution in [1.29, 1.82) is 0 Å². The van der Waals surface area contributed by atoms with E-state index in [9.17, 15) is 14.7 Å². The van der Waals surface area contributed by atoms with Crippen molar-refractivity contribution in [2.24, 2.45) is 0 Å². The second-order valence-electron chi connectivity index (χ2n) is 4.34. The van der Waals surface area contributed by atoms with Crippen LogP contribution in [-0.2, 0) is 9.59 Å². The fourth-order valence-corrected chi connectivity index (χ4v) is 2.15. The summed E-state index contributed by atoms with van der Waals surface area (Å²) in [5.74, 6) is -0.978. The van der Waals surface area contributed by atoms with Crippen molar-refractivity contribution in [2.45, 2.75) is 24.3 Å². The van der Waals surface area contributed by atoms with Crippen LogP contribution in [0.4, 0.5) is 0 Å². The molecule has 3 N–H and O–H groups in total. The maximum absolute atomic E-state index is 11.3. The molecule has 1 aromatic rings. The van der Waals surface area contributed by atoms with E-state index in [1.807, 2.05) is 30.5 Å². The minimum absolute atomic E-state index is 0.0764. The van der Waals surface area contributed by atoms with Crippen LogP contribution in [0.2, 0.25) is 0 Å². The Bertz CT molecular complexity index is 448. The van der Waals surface area contributed by atoms with E-state index in [0.717, 1.165) is 10.5 Å². The van der Waals surface area contributed by atoms with E-state index in [1.165, 1.54) is 6.92 Å². The van der Waals surface area contributed by atoms with Crippen molar-refractivity contribution in [2.75, 3.05) is 19.3 Å². The number of hydrogen-bond acceptors (Lipinski definition) is 4. The van der Waals surface area contributed by atoms with Gasteiger partial charge in [-0.3, -0.25) is 9.59 Å². The lowest BCUT2D eigenvalue weighted by molar-refractivity contribution is -0.139. The van der Waals surface area contributed by atoms with E-state index in [2.05, 4.69) is 10.6 Å². The highest BCUT2D eigenvalue weighted by Crippen LogP contribution is 2.19. The Hall–Kier alpha value is -1.53. The molecule has 0 aliphatic heterocycles. The van der Waals surface area contributed by atoms with Crippen molar-refractivity contribution >= 4 is 23.6 Å². The number of amides is 1. The zero-order valence-corrected chi connectivity index (χ0v) is 12.5. The van der Waals surface area contributed by atoms with Gasteiger partial charge in [0, 0.05) is 18.4 Å². The molecule has 0 saturated heterocycles. The standard InChI is InChI=1S/C14H20N2O3S/c1-10(17)15-8-3-9-16-13(14(18)19)11-4-6-12(20-2)7-5-11/h4-7,13,16H,3,8-9H2,1-2H3,(H,15,17)(H,18,19). The molecular weight excluding hydrogens is 276 g/mol. The van der Waals surface area contributed by atoms with E-state index >= 15 is 0 Å². The second kappa shape index (κ2) is 8.60. The van der Waals surface area contributed by atoms with Gasteiger partial charge in [-0.25, -0.2) is 0 Å². The largest absolute Gasteiger partial charge is 0.480 e. The Morgan fingerprint density at radius 1 is 1.25 bits per heavy atom. The van der Waals surface area contributed by atoms with E-state index in [1.54, 1.807) is 11.8 Å². The van der Waals surface area contributed by atoms with Gasteiger partial charge in [-0.15, -0.1) is 11.8 Å². The summed E-state index contributed by atoms with van der Waals surface area (Å²) in [6.45, 7) is 2.53. The summed E-state index contributed by atoms with van der Waals surface area (Å²) >= 11 is 1.62. The number of aliphatic carboxylic acids is 1. The SMILES string of the molecule is CSc1ccc(C(NCCCNC(C)=O)C(=O)O)cc1. The van der Waals surface area contributed by atoms with Crippen LogP contribution in [0.5, 0.6) is 0 Å². The first-order valence-corrected chi connectivity index (χ1v) is 7.61. The number of carboxylic acid groups (broad SMARTS) is 1. The normalized spacial score (nSPS) is 11.9. The molecule has 1 atom stereocenters. The highest BCUT2D eigenvalue weighted by atomic mass is 32.2. The third-order valence-electron chi connectivity index (χ3n) is 2.77. The lowest BCUT2D eigenvalue weighted by atomic mass is 10.1. The van der Waals surface area contributed by atoms with Crippen LogP contribution in [0.25, 0.3) is 0 Å². The maximum Gasteiger partial charge on any atom is 0.325 e. The molecule has 0 bridgehead atoms. The molecule has 0 fully saturated rings. The Labute approximate surface area is 123 Å². The quantitative estimate of drug-likeness (QED) is 0.502. The molecule has 0 heterocycles. The summed E-state index contributed by atoms with van der Waals surface area (Å²) < 4.78 is 0. The Balaban J connectivity index is 2.51. The van der Waals surface area contributed by atoms with Gasteiger partial charge >= 0.3 is 5.97 Å². The molecule has 6 heteroatoms. The summed E-state index contributed by atoms with van der Waals surface area (Å²) in [4.78, 5) is 23.1. The molecule has 1 unspecified atom stereocenters. The van der Waals surface area contributed by atoms with Gasteiger partial charge in [0.1, 0.15) is 6.04 Å². The first-order valence-electron chi connectivity index (χ1n) is 6.39. The molecule has 20 heavy (non-hydrogen) atoms. The summed E-state index contributed by atoms with van der Waals surface area (Å²) in [6, 6.07) is 6.75. The lowest BCUT2D eigenvalue weighted by Gasteiger charge is -2.15. The van der Waals surface area contributed by atoms with Crippen LogP contribution in [-0.4, -0.2) is 36.3 Å². The van der Waals surface area contributed by atoms with Gasteiger partial charge in [0.2, 0.25) is 5.91 Å². The topological polar surface area (TPSA) is 78.4 Å². The summed E-state index contributed by atoms with van der Waals surface area (Å²) in [5, 5.41) is 14.9. The zero-order chi connectivity index (χ0) is 15.0. The van der Waals surface area contributed by atoms with Crippen molar-refractivity contribution in [3.05, 3.63) is 29.8 Å². The van der Waals surface area contributed by atoms with E-state index in [-0.39, 0.29) is 5.91 Å². The minimum atomic E-state index is -0.901. The average molecular weight is 296 g/mol. The number of nitrogens with one attached hydrogen (secondary N) is 2. The number of carboxylic acids is 1. The molecule has 1 amide bonds. The van der Waals surface area contributed by atoms with E-state index in [0.29, 0.717) is 19.5 Å². The number of thioether (sulfide) groups is 1. The van der Waals surface area contributed by atoms with Crippen LogP contribution in [0.15, 0.2) is 29.2 Å². The smallest absolute Gasteiger partial charge is 0.325 e. The van der Waals surface area contributed by atoms with Gasteiger partial charge in [0.15, 0.2) is 0 Å². The fraction of sp³-hybridized carbons (Fsp3) is 0.429. The molecule has 0 aromatic heterocycles. The zero-order valence-electron chi connectivity index (χ0n) is 11.7. The molecule has 1 rings (SSSR count). The summed E-state index contributed by atoms with van der Waals surface area (Å²) in [6.07, 6.45) is 2.66. The van der Waals surface area contributed by atoms with Crippen molar-refractivity contribution < 1.29 is 14.7 Å². The predicted octanol–water partition coefficient (Wildman–Crippen LogP) is 1.65. The number of benzene rings is 1. The van der Waals surface area contributed by atoms with E-state index < -0.39 is 12.0 Å². The number of carbonyl (C=O) groups excluding carboxylic acids is 1. The highest BCUT2D eigenvalue weighted by Gasteiger charge is 2.18. The first kappa shape index (κ1) is 16.5. The van der Waals surface area contributed by atoms with Crippen LogP contribution in [0.3, 0.4) is 0 Å². The molecular formula is C14H20N2O3S. The number of rotatable bonds is 8. The molecule has 0 radical (unpaired) electrons. The van der Waals surface area contributed by atoms with Gasteiger partial charge in [0.25, 0.3) is 0 Å². The van der Waals surface area contributed by atoms with Gasteiger partial charge in [-0.1, -0.05) is 12.1 Å². The summed E-state index contributed by atoms with van der Waals surface area (Å²) in [7, 11) is 0. The fourth-order valence-electron chi connectivity index (χ4n) is 1.74. The van der Waals surface area contributed by atoms with Crippen LogP contribution >= 0.6 is 11.8 Å². The lowest BCUT2D eigenvalue weighted by Crippen LogP contribution is -2.31. The van der Waals surface area contributed by atoms with Gasteiger partial charge in [-0.2, -0.15) is 0 Å². The number of hydrogen-bond donors (Lipinski definition) is 3. The Morgan fingerprint density at radius 2 is 1.90 bits per heavy atom. The molecule has 0 aliphatic carbocycles. The van der Waals surface area contributed by atoms with E-state index in [4.69, 9.17) is 0 Å². The number of carbonyl (C=O) groups is 2.